The van der Waals surface area contributed by atoms with E-state index in [1.807, 2.05) is 0 Å². The fourth-order valence-electron chi connectivity index (χ4n) is 0. The zero-order chi connectivity index (χ0) is 3.58. The number of hydrogen-bond donors (Lipinski definition) is 1. The van der Waals surface area contributed by atoms with E-state index in [9.17, 15) is 0 Å². The first kappa shape index (κ1) is 262. The molecule has 0 aromatic rings. The van der Waals surface area contributed by atoms with Crippen molar-refractivity contribution < 1.29 is 54.1 Å². The van der Waals surface area contributed by atoms with Crippen LogP contribution in [0.3, 0.4) is 0 Å². The fourth-order valence-corrected chi connectivity index (χ4v) is 0. The Morgan fingerprint density at radius 3 is 0.769 bits per heavy atom. The van der Waals surface area contributed by atoms with Crippen LogP contribution in [0.4, 0.5) is 0 Å². The van der Waals surface area contributed by atoms with E-state index in [-0.39, 0.29) is 63.6 Å². The molecular weight excluding hydrogens is 260 g/mol. The molecule has 94 valence electrons. The molecule has 0 rings (SSSR count). The summed E-state index contributed by atoms with van der Waals surface area (Å²) in [6.45, 7) is 0. The SMILES string of the molecule is O.O.O.O.O.O.O.O.O=[N+]([O-])O.[GaH3]. The maximum absolute atomic E-state index is 8.36. The zero-order valence-electron chi connectivity index (χ0n) is 5.71. The van der Waals surface area contributed by atoms with Gasteiger partial charge >= 0.3 is 19.8 Å². The van der Waals surface area contributed by atoms with Crippen LogP contribution < -0.4 is 0 Å². The van der Waals surface area contributed by atoms with Gasteiger partial charge in [-0.15, -0.1) is 10.1 Å². The third-order valence-electron chi connectivity index (χ3n) is 0. The summed E-state index contributed by atoms with van der Waals surface area (Å²) in [5.41, 5.74) is 0. The molecule has 13 heteroatoms. The maximum atomic E-state index is 8.36. The van der Waals surface area contributed by atoms with Crippen LogP contribution in [0.15, 0.2) is 0 Å². The standard InChI is InChI=1S/Ga.HNO3.8H2O.3H/c;2-1(3)4;;;;;;;;;;;/h;(H,2,3,4);8*1H2;;;. The molecule has 0 saturated carbocycles. The average molecular weight is 280 g/mol. The summed E-state index contributed by atoms with van der Waals surface area (Å²) in [6.07, 6.45) is 0. The predicted octanol–water partition coefficient (Wildman–Crippen LogP) is -8.13. The zero-order valence-corrected chi connectivity index (χ0v) is 5.71. The Morgan fingerprint density at radius 2 is 0.769 bits per heavy atom. The summed E-state index contributed by atoms with van der Waals surface area (Å²) >= 11 is 0. The molecule has 13 heavy (non-hydrogen) atoms. The molecule has 0 aliphatic heterocycles. The Balaban J connectivity index is -0.00000000125. The normalized spacial score (nSPS) is 1.85. The second kappa shape index (κ2) is 201. The van der Waals surface area contributed by atoms with Crippen molar-refractivity contribution in [1.29, 1.82) is 0 Å². The first-order chi connectivity index (χ1) is 1.73. The molecule has 0 bridgehead atoms. The number of rotatable bonds is 0. The molecule has 0 aliphatic carbocycles. The van der Waals surface area contributed by atoms with E-state index in [4.69, 9.17) is 15.3 Å². The van der Waals surface area contributed by atoms with Crippen molar-refractivity contribution in [2.75, 3.05) is 0 Å². The molecular formula is H20GaNO11. The van der Waals surface area contributed by atoms with Gasteiger partial charge in [-0.2, -0.15) is 0 Å². The molecule has 17 N–H and O–H groups in total. The number of nitrogens with zero attached hydrogens (tertiary/aromatic N) is 1. The van der Waals surface area contributed by atoms with Crippen LogP contribution >= 0.6 is 0 Å². The van der Waals surface area contributed by atoms with E-state index in [1.165, 1.54) is 0 Å². The summed E-state index contributed by atoms with van der Waals surface area (Å²) < 4.78 is 0. The van der Waals surface area contributed by atoms with Crippen molar-refractivity contribution in [2.45, 2.75) is 0 Å². The summed E-state index contributed by atoms with van der Waals surface area (Å²) in [5.74, 6) is 0. The molecule has 0 heterocycles. The third-order valence-corrected chi connectivity index (χ3v) is 0. The van der Waals surface area contributed by atoms with Crippen molar-refractivity contribution in [1.82, 2.24) is 0 Å². The van der Waals surface area contributed by atoms with Crippen molar-refractivity contribution in [3.05, 3.63) is 10.1 Å². The fraction of sp³-hybridized carbons (Fsp3) is 0. The van der Waals surface area contributed by atoms with E-state index < -0.39 is 5.09 Å². The quantitative estimate of drug-likeness (QED) is 0.256. The van der Waals surface area contributed by atoms with Gasteiger partial charge in [-0.05, 0) is 0 Å². The second-order valence-corrected chi connectivity index (χ2v) is 0.238. The van der Waals surface area contributed by atoms with Gasteiger partial charge in [-0.25, -0.2) is 0 Å². The topological polar surface area (TPSA) is 315 Å². The molecule has 0 aromatic heterocycles. The van der Waals surface area contributed by atoms with Crippen LogP contribution in [0, 0.1) is 10.1 Å². The van der Waals surface area contributed by atoms with Gasteiger partial charge in [-0.3, -0.25) is 0 Å². The van der Waals surface area contributed by atoms with Crippen LogP contribution in [0.5, 0.6) is 0 Å². The molecule has 0 unspecified atom stereocenters. The van der Waals surface area contributed by atoms with E-state index in [0.717, 1.165) is 0 Å². The van der Waals surface area contributed by atoms with E-state index in [1.54, 1.807) is 0 Å². The minimum absolute atomic E-state index is 0. The molecule has 0 aromatic carbocycles. The molecule has 0 aliphatic rings. The van der Waals surface area contributed by atoms with E-state index >= 15 is 0 Å². The molecule has 12 nitrogen and oxygen atoms in total. The van der Waals surface area contributed by atoms with Gasteiger partial charge in [0.15, 0.2) is 0 Å². The monoisotopic (exact) mass is 279 g/mol. The van der Waals surface area contributed by atoms with Gasteiger partial charge in [0.2, 0.25) is 0 Å². The van der Waals surface area contributed by atoms with Crippen LogP contribution in [-0.4, -0.2) is 73.9 Å². The summed E-state index contributed by atoms with van der Waals surface area (Å²) in [4.78, 5) is 8.36. The Hall–Kier alpha value is -0.484. The molecule has 0 amide bonds. The predicted molar refractivity (Wildman–Crippen MR) is 47.6 cm³/mol. The van der Waals surface area contributed by atoms with Gasteiger partial charge in [0, 0.05) is 0 Å². The van der Waals surface area contributed by atoms with Gasteiger partial charge in [0.25, 0.3) is 5.09 Å². The molecule has 0 fully saturated rings. The second-order valence-electron chi connectivity index (χ2n) is 0.238. The van der Waals surface area contributed by atoms with Crippen molar-refractivity contribution in [3.63, 3.8) is 0 Å². The summed E-state index contributed by atoms with van der Waals surface area (Å²) in [7, 11) is 0. The van der Waals surface area contributed by atoms with E-state index in [2.05, 4.69) is 0 Å². The van der Waals surface area contributed by atoms with Crippen LogP contribution in [-0.2, 0) is 0 Å². The van der Waals surface area contributed by atoms with Crippen molar-refractivity contribution in [3.8, 4) is 0 Å². The summed E-state index contributed by atoms with van der Waals surface area (Å²) in [5, 5.41) is 13.6. The summed E-state index contributed by atoms with van der Waals surface area (Å²) in [6, 6.07) is 0. The molecule has 0 radical (unpaired) electrons. The Bertz CT molecular complexity index is 33.1. The van der Waals surface area contributed by atoms with Crippen LogP contribution in [0.2, 0.25) is 0 Å². The van der Waals surface area contributed by atoms with Crippen molar-refractivity contribution >= 4 is 19.8 Å². The molecule has 0 atom stereocenters. The Labute approximate surface area is 84.8 Å². The van der Waals surface area contributed by atoms with E-state index in [0.29, 0.717) is 0 Å². The average Bonchev–Trinajstić information content (AvgIpc) is 0.811. The molecule has 0 saturated heterocycles. The van der Waals surface area contributed by atoms with Crippen molar-refractivity contribution in [2.24, 2.45) is 0 Å². The van der Waals surface area contributed by atoms with Gasteiger partial charge in [-0.1, -0.05) is 0 Å². The van der Waals surface area contributed by atoms with Crippen LogP contribution in [0.25, 0.3) is 0 Å². The van der Waals surface area contributed by atoms with Gasteiger partial charge in [0.05, 0.1) is 0 Å². The minimum atomic E-state index is -1.50. The van der Waals surface area contributed by atoms with Crippen LogP contribution in [0.1, 0.15) is 0 Å². The Morgan fingerprint density at radius 1 is 0.769 bits per heavy atom. The first-order valence-electron chi connectivity index (χ1n) is 0.565. The number of hydrogen-bond acceptors (Lipinski definition) is 2. The Kier molecular flexibility index (Phi) is 4060. The third kappa shape index (κ3) is 4460. The van der Waals surface area contributed by atoms with Gasteiger partial charge in [0.1, 0.15) is 0 Å². The molecule has 0 spiro atoms. The van der Waals surface area contributed by atoms with Gasteiger partial charge < -0.3 is 49.0 Å². The first-order valence-corrected chi connectivity index (χ1v) is 0.565.